The van der Waals surface area contributed by atoms with Crippen molar-refractivity contribution in [3.05, 3.63) is 52.4 Å². The minimum absolute atomic E-state index is 0.0954. The quantitative estimate of drug-likeness (QED) is 0.796. The Balaban J connectivity index is 2.09. The van der Waals surface area contributed by atoms with Gasteiger partial charge >= 0.3 is 0 Å². The molecule has 134 valence electrons. The number of thiophene rings is 1. The Kier molecular flexibility index (Phi) is 6.73. The first-order valence-corrected chi connectivity index (χ1v) is 9.21. The van der Waals surface area contributed by atoms with Crippen LogP contribution in [-0.4, -0.2) is 43.9 Å². The van der Waals surface area contributed by atoms with Crippen molar-refractivity contribution in [2.45, 2.75) is 19.8 Å². The zero-order valence-electron chi connectivity index (χ0n) is 15.1. The molecular formula is C19H25N3O2S. The van der Waals surface area contributed by atoms with E-state index in [9.17, 15) is 9.59 Å². The van der Waals surface area contributed by atoms with Crippen molar-refractivity contribution < 1.29 is 9.59 Å². The number of nitrogens with zero attached hydrogens (tertiary/aromatic N) is 1. The molecule has 1 heterocycles. The second kappa shape index (κ2) is 8.78. The van der Waals surface area contributed by atoms with Crippen molar-refractivity contribution in [3.63, 3.8) is 0 Å². The number of hydrogen-bond donors (Lipinski definition) is 2. The molecule has 2 amide bonds. The van der Waals surface area contributed by atoms with E-state index in [2.05, 4.69) is 24.5 Å². The number of rotatable bonds is 7. The van der Waals surface area contributed by atoms with Crippen molar-refractivity contribution in [1.29, 1.82) is 0 Å². The van der Waals surface area contributed by atoms with E-state index in [-0.39, 0.29) is 11.8 Å². The second-order valence-electron chi connectivity index (χ2n) is 6.22. The Bertz CT molecular complexity index is 723. The summed E-state index contributed by atoms with van der Waals surface area (Å²) in [6, 6.07) is 9.31. The maximum absolute atomic E-state index is 12.5. The topological polar surface area (TPSA) is 61.4 Å². The van der Waals surface area contributed by atoms with Gasteiger partial charge in [0.05, 0.1) is 5.56 Å². The zero-order chi connectivity index (χ0) is 18.4. The molecule has 0 fully saturated rings. The Morgan fingerprint density at radius 1 is 1.16 bits per heavy atom. The third-order valence-corrected chi connectivity index (χ3v) is 4.84. The SMILES string of the molecule is CNCCN(C)C(=O)c1ccsc1NC(=O)c1ccc(C(C)C)cc1. The van der Waals surface area contributed by atoms with Gasteiger partial charge in [-0.1, -0.05) is 26.0 Å². The molecule has 0 aliphatic rings. The number of benzene rings is 1. The minimum atomic E-state index is -0.204. The molecule has 0 atom stereocenters. The maximum Gasteiger partial charge on any atom is 0.256 e. The first-order chi connectivity index (χ1) is 11.9. The van der Waals surface area contributed by atoms with E-state index in [0.717, 1.165) is 6.54 Å². The third-order valence-electron chi connectivity index (χ3n) is 4.01. The van der Waals surface area contributed by atoms with Crippen molar-refractivity contribution in [3.8, 4) is 0 Å². The van der Waals surface area contributed by atoms with E-state index in [0.29, 0.717) is 28.6 Å². The fourth-order valence-corrected chi connectivity index (χ4v) is 3.13. The summed E-state index contributed by atoms with van der Waals surface area (Å²) in [6.45, 7) is 5.55. The molecule has 0 bridgehead atoms. The van der Waals surface area contributed by atoms with Crippen LogP contribution >= 0.6 is 11.3 Å². The molecule has 0 saturated carbocycles. The van der Waals surface area contributed by atoms with Crippen LogP contribution in [0.5, 0.6) is 0 Å². The third kappa shape index (κ3) is 4.90. The van der Waals surface area contributed by atoms with Gasteiger partial charge < -0.3 is 15.5 Å². The average Bonchev–Trinajstić information content (AvgIpc) is 3.06. The summed E-state index contributed by atoms with van der Waals surface area (Å²) in [5.74, 6) is 0.124. The van der Waals surface area contributed by atoms with E-state index in [1.54, 1.807) is 18.0 Å². The van der Waals surface area contributed by atoms with Crippen LogP contribution in [0.3, 0.4) is 0 Å². The highest BCUT2D eigenvalue weighted by molar-refractivity contribution is 7.14. The number of amides is 2. The summed E-state index contributed by atoms with van der Waals surface area (Å²) in [6.07, 6.45) is 0. The average molecular weight is 359 g/mol. The van der Waals surface area contributed by atoms with Crippen LogP contribution in [0.2, 0.25) is 0 Å². The van der Waals surface area contributed by atoms with Crippen LogP contribution < -0.4 is 10.6 Å². The fraction of sp³-hybridized carbons (Fsp3) is 0.368. The summed E-state index contributed by atoms with van der Waals surface area (Å²) in [4.78, 5) is 26.6. The van der Waals surface area contributed by atoms with Crippen molar-refractivity contribution in [2.24, 2.45) is 0 Å². The minimum Gasteiger partial charge on any atom is -0.340 e. The monoisotopic (exact) mass is 359 g/mol. The highest BCUT2D eigenvalue weighted by atomic mass is 32.1. The van der Waals surface area contributed by atoms with Gasteiger partial charge in [0.2, 0.25) is 0 Å². The second-order valence-corrected chi connectivity index (χ2v) is 7.14. The number of carbonyl (C=O) groups excluding carboxylic acids is 2. The molecule has 2 aromatic rings. The number of nitrogens with one attached hydrogen (secondary N) is 2. The highest BCUT2D eigenvalue weighted by Gasteiger charge is 2.18. The molecule has 0 spiro atoms. The van der Waals surface area contributed by atoms with Gasteiger partial charge in [-0.25, -0.2) is 0 Å². The van der Waals surface area contributed by atoms with Crippen LogP contribution in [-0.2, 0) is 0 Å². The van der Waals surface area contributed by atoms with Crippen molar-refractivity contribution in [1.82, 2.24) is 10.2 Å². The smallest absolute Gasteiger partial charge is 0.256 e. The molecule has 2 N–H and O–H groups in total. The van der Waals surface area contributed by atoms with Gasteiger partial charge in [-0.15, -0.1) is 11.3 Å². The van der Waals surface area contributed by atoms with E-state index in [4.69, 9.17) is 0 Å². The summed E-state index contributed by atoms with van der Waals surface area (Å²) in [7, 11) is 3.60. The van der Waals surface area contributed by atoms with Crippen molar-refractivity contribution in [2.75, 3.05) is 32.5 Å². The van der Waals surface area contributed by atoms with Crippen LogP contribution in [0.4, 0.5) is 5.00 Å². The van der Waals surface area contributed by atoms with E-state index < -0.39 is 0 Å². The summed E-state index contributed by atoms with van der Waals surface area (Å²) >= 11 is 1.36. The Morgan fingerprint density at radius 3 is 2.44 bits per heavy atom. The van der Waals surface area contributed by atoms with Gasteiger partial charge in [-0.2, -0.15) is 0 Å². The molecule has 0 aliphatic carbocycles. The summed E-state index contributed by atoms with van der Waals surface area (Å²) in [5, 5.41) is 8.28. The van der Waals surface area contributed by atoms with E-state index in [1.165, 1.54) is 16.9 Å². The summed E-state index contributed by atoms with van der Waals surface area (Å²) < 4.78 is 0. The molecule has 6 heteroatoms. The molecule has 5 nitrogen and oxygen atoms in total. The van der Waals surface area contributed by atoms with Gasteiger partial charge in [0.1, 0.15) is 5.00 Å². The largest absolute Gasteiger partial charge is 0.340 e. The lowest BCUT2D eigenvalue weighted by atomic mass is 10.0. The molecule has 0 aliphatic heterocycles. The maximum atomic E-state index is 12.5. The molecule has 0 saturated heterocycles. The van der Waals surface area contributed by atoms with Crippen LogP contribution in [0.1, 0.15) is 46.0 Å². The number of likely N-dealkylation sites (N-methyl/N-ethyl adjacent to an activating group) is 2. The molecule has 0 unspecified atom stereocenters. The fourth-order valence-electron chi connectivity index (χ4n) is 2.36. The zero-order valence-corrected chi connectivity index (χ0v) is 15.9. The number of hydrogen-bond acceptors (Lipinski definition) is 4. The molecule has 2 rings (SSSR count). The Labute approximate surface area is 153 Å². The lowest BCUT2D eigenvalue weighted by molar-refractivity contribution is 0.0798. The summed E-state index contributed by atoms with van der Waals surface area (Å²) in [5.41, 5.74) is 2.30. The predicted octanol–water partition coefficient (Wildman–Crippen LogP) is 3.42. The van der Waals surface area contributed by atoms with E-state index in [1.807, 2.05) is 36.7 Å². The van der Waals surface area contributed by atoms with Gasteiger partial charge in [0.25, 0.3) is 11.8 Å². The molecule has 1 aromatic carbocycles. The van der Waals surface area contributed by atoms with Gasteiger partial charge in [0, 0.05) is 25.7 Å². The van der Waals surface area contributed by atoms with Crippen LogP contribution in [0.25, 0.3) is 0 Å². The lowest BCUT2D eigenvalue weighted by Gasteiger charge is -2.17. The lowest BCUT2D eigenvalue weighted by Crippen LogP contribution is -2.33. The first-order valence-electron chi connectivity index (χ1n) is 8.33. The molecule has 0 radical (unpaired) electrons. The molecule has 1 aromatic heterocycles. The molecular weight excluding hydrogens is 334 g/mol. The van der Waals surface area contributed by atoms with E-state index >= 15 is 0 Å². The normalized spacial score (nSPS) is 10.8. The van der Waals surface area contributed by atoms with Crippen LogP contribution in [0.15, 0.2) is 35.7 Å². The van der Waals surface area contributed by atoms with Crippen LogP contribution in [0, 0.1) is 0 Å². The predicted molar refractivity (Wildman–Crippen MR) is 104 cm³/mol. The van der Waals surface area contributed by atoms with Gasteiger partial charge in [0.15, 0.2) is 0 Å². The van der Waals surface area contributed by atoms with Crippen molar-refractivity contribution >= 4 is 28.2 Å². The molecule has 25 heavy (non-hydrogen) atoms. The highest BCUT2D eigenvalue weighted by Crippen LogP contribution is 2.25. The Hall–Kier alpha value is -2.18. The van der Waals surface area contributed by atoms with Gasteiger partial charge in [-0.3, -0.25) is 9.59 Å². The standard InChI is InChI=1S/C19H25N3O2S/c1-13(2)14-5-7-15(8-6-14)17(23)21-18-16(9-12-25-18)19(24)22(4)11-10-20-3/h5-9,12-13,20H,10-11H2,1-4H3,(H,21,23). The first kappa shape index (κ1) is 19.1. The van der Waals surface area contributed by atoms with Gasteiger partial charge in [-0.05, 0) is 42.1 Å². The number of anilines is 1. The Morgan fingerprint density at radius 2 is 1.84 bits per heavy atom. The number of carbonyl (C=O) groups is 2.